The second-order valence-electron chi connectivity index (χ2n) is 8.76. The number of amides is 1. The van der Waals surface area contributed by atoms with Gasteiger partial charge in [0.2, 0.25) is 0 Å². The fourth-order valence-corrected chi connectivity index (χ4v) is 5.02. The average Bonchev–Trinajstić information content (AvgIpc) is 2.80. The molecule has 1 aliphatic rings. The summed E-state index contributed by atoms with van der Waals surface area (Å²) in [6.45, 7) is 3.87. The number of hydrogen-bond donors (Lipinski definition) is 2. The molecule has 8 heteroatoms. The van der Waals surface area contributed by atoms with Crippen LogP contribution in [0.4, 0.5) is 11.4 Å². The molecule has 3 aromatic carbocycles. The molecular formula is C26H27N3O4S. The van der Waals surface area contributed by atoms with E-state index in [1.54, 1.807) is 50.5 Å². The number of Topliss-reactive ketones (excluding diaryl/α,β-unsaturated/α-hetero) is 1. The third kappa shape index (κ3) is 4.68. The van der Waals surface area contributed by atoms with Crippen LogP contribution in [0.3, 0.4) is 0 Å². The normalized spacial score (nSPS) is 15.3. The Balaban J connectivity index is 1.59. The van der Waals surface area contributed by atoms with Crippen LogP contribution in [0.15, 0.2) is 65.6 Å². The molecule has 0 saturated carbocycles. The summed E-state index contributed by atoms with van der Waals surface area (Å²) in [5, 5.41) is 3.32. The van der Waals surface area contributed by atoms with Crippen LogP contribution in [0.1, 0.15) is 49.9 Å². The third-order valence-electron chi connectivity index (χ3n) is 6.02. The summed E-state index contributed by atoms with van der Waals surface area (Å²) in [5.41, 5.74) is 4.78. The van der Waals surface area contributed by atoms with E-state index >= 15 is 0 Å². The van der Waals surface area contributed by atoms with E-state index in [4.69, 9.17) is 0 Å². The Morgan fingerprint density at radius 3 is 2.47 bits per heavy atom. The third-order valence-corrected chi connectivity index (χ3v) is 7.40. The van der Waals surface area contributed by atoms with Crippen molar-refractivity contribution in [3.8, 4) is 0 Å². The van der Waals surface area contributed by atoms with E-state index < -0.39 is 10.0 Å². The van der Waals surface area contributed by atoms with E-state index in [0.717, 1.165) is 16.7 Å². The molecule has 0 fully saturated rings. The van der Waals surface area contributed by atoms with Crippen molar-refractivity contribution < 1.29 is 18.0 Å². The van der Waals surface area contributed by atoms with Crippen molar-refractivity contribution in [1.29, 1.82) is 0 Å². The number of rotatable bonds is 5. The molecule has 0 aliphatic carbocycles. The van der Waals surface area contributed by atoms with Crippen LogP contribution in [-0.2, 0) is 10.0 Å². The topological polar surface area (TPSA) is 95.6 Å². The Labute approximate surface area is 199 Å². The summed E-state index contributed by atoms with van der Waals surface area (Å²) in [7, 11) is -0.484. The van der Waals surface area contributed by atoms with Crippen molar-refractivity contribution in [2.75, 3.05) is 24.1 Å². The van der Waals surface area contributed by atoms with E-state index in [1.807, 2.05) is 26.0 Å². The number of nitrogens with one attached hydrogen (secondary N) is 2. The maximum atomic E-state index is 13.0. The standard InChI is InChI=1S/C26H27N3O4S/c1-16-8-9-20(12-17(16)2)28-34(32,33)21-10-11-23-22(14-21)25(30)15-24(27-23)18-6-5-7-19(13-18)26(31)29(3)4/h5-14,24,27-28H,15H2,1-4H3. The molecule has 1 atom stereocenters. The summed E-state index contributed by atoms with van der Waals surface area (Å²) in [6, 6.07) is 16.7. The minimum absolute atomic E-state index is 0.0247. The second kappa shape index (κ2) is 8.95. The van der Waals surface area contributed by atoms with Crippen LogP contribution >= 0.6 is 0 Å². The van der Waals surface area contributed by atoms with Gasteiger partial charge in [0, 0.05) is 43.0 Å². The fourth-order valence-electron chi connectivity index (χ4n) is 3.95. The molecule has 1 aliphatic heterocycles. The number of nitrogens with zero attached hydrogens (tertiary/aromatic N) is 1. The van der Waals surface area contributed by atoms with Crippen molar-refractivity contribution in [3.05, 3.63) is 88.5 Å². The number of sulfonamides is 1. The predicted molar refractivity (Wildman–Crippen MR) is 133 cm³/mol. The SMILES string of the molecule is Cc1ccc(NS(=O)(=O)c2ccc3c(c2)C(=O)CC(c2cccc(C(=O)N(C)C)c2)N3)cc1C. The van der Waals surface area contributed by atoms with Crippen LogP contribution in [0, 0.1) is 13.8 Å². The summed E-state index contributed by atoms with van der Waals surface area (Å²) in [6.07, 6.45) is 0.153. The van der Waals surface area contributed by atoms with E-state index in [1.165, 1.54) is 17.0 Å². The Morgan fingerprint density at radius 1 is 1.00 bits per heavy atom. The van der Waals surface area contributed by atoms with E-state index in [0.29, 0.717) is 22.5 Å². The van der Waals surface area contributed by atoms with Crippen LogP contribution in [0.25, 0.3) is 0 Å². The highest BCUT2D eigenvalue weighted by molar-refractivity contribution is 7.92. The molecule has 1 heterocycles. The van der Waals surface area contributed by atoms with Crippen molar-refractivity contribution >= 4 is 33.1 Å². The lowest BCUT2D eigenvalue weighted by Crippen LogP contribution is -2.25. The summed E-state index contributed by atoms with van der Waals surface area (Å²) < 4.78 is 28.5. The second-order valence-corrected chi connectivity index (χ2v) is 10.4. The number of benzene rings is 3. The molecule has 176 valence electrons. The first-order valence-corrected chi connectivity index (χ1v) is 12.4. The summed E-state index contributed by atoms with van der Waals surface area (Å²) >= 11 is 0. The van der Waals surface area contributed by atoms with Gasteiger partial charge in [-0.15, -0.1) is 0 Å². The quantitative estimate of drug-likeness (QED) is 0.562. The number of anilines is 2. The maximum absolute atomic E-state index is 13.0. The number of fused-ring (bicyclic) bond motifs is 1. The number of ketones is 1. The molecule has 3 aromatic rings. The smallest absolute Gasteiger partial charge is 0.261 e. The van der Waals surface area contributed by atoms with Crippen LogP contribution in [0.5, 0.6) is 0 Å². The molecule has 7 nitrogen and oxygen atoms in total. The van der Waals surface area contributed by atoms with Gasteiger partial charge in [-0.05, 0) is 73.0 Å². The highest BCUT2D eigenvalue weighted by atomic mass is 32.2. The average molecular weight is 478 g/mol. The molecule has 0 saturated heterocycles. The molecular weight excluding hydrogens is 450 g/mol. The Hall–Kier alpha value is -3.65. The van der Waals surface area contributed by atoms with E-state index in [9.17, 15) is 18.0 Å². The number of carbonyl (C=O) groups excluding carboxylic acids is 2. The van der Waals surface area contributed by atoms with Crippen molar-refractivity contribution in [3.63, 3.8) is 0 Å². The molecule has 0 radical (unpaired) electrons. The zero-order valence-corrected chi connectivity index (χ0v) is 20.4. The van der Waals surface area contributed by atoms with Gasteiger partial charge in [0.1, 0.15) is 0 Å². The monoisotopic (exact) mass is 477 g/mol. The molecule has 1 unspecified atom stereocenters. The Kier molecular flexibility index (Phi) is 6.18. The number of hydrogen-bond acceptors (Lipinski definition) is 5. The van der Waals surface area contributed by atoms with Gasteiger partial charge in [-0.25, -0.2) is 8.42 Å². The zero-order chi connectivity index (χ0) is 24.6. The van der Waals surface area contributed by atoms with E-state index in [2.05, 4.69) is 10.0 Å². The molecule has 2 N–H and O–H groups in total. The van der Waals surface area contributed by atoms with Crippen molar-refractivity contribution in [2.45, 2.75) is 31.2 Å². The first-order valence-electron chi connectivity index (χ1n) is 10.9. The van der Waals surface area contributed by atoms with Gasteiger partial charge in [0.25, 0.3) is 15.9 Å². The minimum Gasteiger partial charge on any atom is -0.377 e. The highest BCUT2D eigenvalue weighted by Gasteiger charge is 2.28. The van der Waals surface area contributed by atoms with Crippen LogP contribution < -0.4 is 10.0 Å². The van der Waals surface area contributed by atoms with Gasteiger partial charge in [-0.2, -0.15) is 0 Å². The Morgan fingerprint density at radius 2 is 1.76 bits per heavy atom. The number of aryl methyl sites for hydroxylation is 2. The van der Waals surface area contributed by atoms with Crippen molar-refractivity contribution in [2.24, 2.45) is 0 Å². The van der Waals surface area contributed by atoms with Crippen LogP contribution in [-0.4, -0.2) is 39.1 Å². The van der Waals surface area contributed by atoms with Crippen LogP contribution in [0.2, 0.25) is 0 Å². The molecule has 0 aromatic heterocycles. The summed E-state index contributed by atoms with van der Waals surface area (Å²) in [5.74, 6) is -0.276. The largest absolute Gasteiger partial charge is 0.377 e. The lowest BCUT2D eigenvalue weighted by Gasteiger charge is -2.27. The first kappa shape index (κ1) is 23.5. The van der Waals surface area contributed by atoms with Gasteiger partial charge in [0.05, 0.1) is 10.9 Å². The maximum Gasteiger partial charge on any atom is 0.261 e. The lowest BCUT2D eigenvalue weighted by molar-refractivity contribution is 0.0827. The van der Waals surface area contributed by atoms with Gasteiger partial charge < -0.3 is 10.2 Å². The zero-order valence-electron chi connectivity index (χ0n) is 19.5. The van der Waals surface area contributed by atoms with Gasteiger partial charge in [-0.3, -0.25) is 14.3 Å². The fraction of sp³-hybridized carbons (Fsp3) is 0.231. The summed E-state index contributed by atoms with van der Waals surface area (Å²) in [4.78, 5) is 26.8. The van der Waals surface area contributed by atoms with Crippen molar-refractivity contribution in [1.82, 2.24) is 4.90 Å². The molecule has 1 amide bonds. The minimum atomic E-state index is -3.86. The molecule has 4 rings (SSSR count). The van der Waals surface area contributed by atoms with E-state index in [-0.39, 0.29) is 29.0 Å². The van der Waals surface area contributed by atoms with Gasteiger partial charge in [0.15, 0.2) is 5.78 Å². The molecule has 0 bridgehead atoms. The predicted octanol–water partition coefficient (Wildman–Crippen LogP) is 4.55. The first-order chi connectivity index (χ1) is 16.0. The Bertz CT molecular complexity index is 1400. The lowest BCUT2D eigenvalue weighted by atomic mass is 9.91. The molecule has 34 heavy (non-hydrogen) atoms. The molecule has 0 spiro atoms. The number of carbonyl (C=O) groups is 2. The highest BCUT2D eigenvalue weighted by Crippen LogP contribution is 2.34. The van der Waals surface area contributed by atoms with Gasteiger partial charge in [-0.1, -0.05) is 18.2 Å². The van der Waals surface area contributed by atoms with Gasteiger partial charge >= 0.3 is 0 Å².